The summed E-state index contributed by atoms with van der Waals surface area (Å²) in [5.74, 6) is -1.17. The number of benzene rings is 4. The molecule has 0 aliphatic heterocycles. The van der Waals surface area contributed by atoms with E-state index in [1.807, 2.05) is 19.9 Å². The summed E-state index contributed by atoms with van der Waals surface area (Å²) in [6.07, 6.45) is 1.47. The maximum absolute atomic E-state index is 13.3. The third kappa shape index (κ3) is 8.39. The van der Waals surface area contributed by atoms with E-state index in [0.29, 0.717) is 32.5 Å². The predicted molar refractivity (Wildman–Crippen MR) is 174 cm³/mol. The maximum Gasteiger partial charge on any atom is 0.272 e. The molecule has 3 N–H and O–H groups in total. The highest BCUT2D eigenvalue weighted by Gasteiger charge is 2.18. The molecule has 0 radical (unpaired) electrons. The van der Waals surface area contributed by atoms with Crippen LogP contribution >= 0.6 is 46.6 Å². The molecule has 0 heterocycles. The Labute approximate surface area is 263 Å². The molecule has 4 aromatic rings. The van der Waals surface area contributed by atoms with Crippen LogP contribution in [0.5, 0.6) is 0 Å². The lowest BCUT2D eigenvalue weighted by atomic mass is 10.1. The average molecular weight is 639 g/mol. The van der Waals surface area contributed by atoms with Crippen LogP contribution in [0.2, 0.25) is 15.1 Å². The van der Waals surface area contributed by atoms with Crippen molar-refractivity contribution in [2.45, 2.75) is 24.0 Å². The first-order chi connectivity index (χ1) is 20.1. The average Bonchev–Trinajstić information content (AvgIpc) is 2.98. The summed E-state index contributed by atoms with van der Waals surface area (Å²) >= 11 is 19.9. The zero-order valence-corrected chi connectivity index (χ0v) is 25.7. The van der Waals surface area contributed by atoms with E-state index in [2.05, 4.69) is 16.0 Å². The van der Waals surface area contributed by atoms with Gasteiger partial charge in [-0.05, 0) is 85.6 Å². The topological polar surface area (TPSA) is 87.3 Å². The number of rotatable bonds is 9. The number of hydrogen-bond acceptors (Lipinski definition) is 4. The minimum atomic E-state index is -0.555. The largest absolute Gasteiger partial charge is 0.325 e. The van der Waals surface area contributed by atoms with Crippen LogP contribution in [0.1, 0.15) is 28.4 Å². The third-order valence-corrected chi connectivity index (χ3v) is 8.24. The zero-order valence-electron chi connectivity index (χ0n) is 22.6. The van der Waals surface area contributed by atoms with Gasteiger partial charge in [0.1, 0.15) is 5.70 Å². The van der Waals surface area contributed by atoms with Crippen molar-refractivity contribution in [3.8, 4) is 0 Å². The summed E-state index contributed by atoms with van der Waals surface area (Å²) in [6.45, 7) is 3.71. The van der Waals surface area contributed by atoms with Crippen molar-refractivity contribution in [3.63, 3.8) is 0 Å². The molecule has 0 saturated carbocycles. The second kappa shape index (κ2) is 14.4. The molecule has 42 heavy (non-hydrogen) atoms. The fraction of sp³-hybridized carbons (Fsp3) is 0.0938. The third-order valence-electron chi connectivity index (χ3n) is 6.06. The number of carbonyl (C=O) groups excluding carboxylic acids is 3. The van der Waals surface area contributed by atoms with Crippen molar-refractivity contribution >= 4 is 81.7 Å². The lowest BCUT2D eigenvalue weighted by Crippen LogP contribution is -2.30. The molecule has 214 valence electrons. The number of aryl methyl sites for hydroxylation is 1. The number of nitrogens with one attached hydrogen (secondary N) is 3. The number of carbonyl (C=O) groups is 3. The molecule has 0 spiro atoms. The number of thioether (sulfide) groups is 1. The van der Waals surface area contributed by atoms with Crippen LogP contribution in [0, 0.1) is 6.92 Å². The quantitative estimate of drug-likeness (QED) is 0.127. The highest BCUT2D eigenvalue weighted by molar-refractivity contribution is 8.00. The van der Waals surface area contributed by atoms with Gasteiger partial charge in [0.05, 0.1) is 15.3 Å². The Balaban J connectivity index is 1.46. The van der Waals surface area contributed by atoms with Crippen LogP contribution in [0.15, 0.2) is 102 Å². The van der Waals surface area contributed by atoms with E-state index in [1.54, 1.807) is 84.9 Å². The van der Waals surface area contributed by atoms with Gasteiger partial charge in [-0.15, -0.1) is 11.8 Å². The van der Waals surface area contributed by atoms with Crippen LogP contribution in [0.3, 0.4) is 0 Å². The molecule has 0 bridgehead atoms. The smallest absolute Gasteiger partial charge is 0.272 e. The molecule has 0 aromatic heterocycles. The van der Waals surface area contributed by atoms with E-state index in [1.165, 1.54) is 17.8 Å². The van der Waals surface area contributed by atoms with Gasteiger partial charge < -0.3 is 16.0 Å². The van der Waals surface area contributed by atoms with Gasteiger partial charge in [-0.3, -0.25) is 14.4 Å². The van der Waals surface area contributed by atoms with Gasteiger partial charge in [0.25, 0.3) is 11.8 Å². The lowest BCUT2D eigenvalue weighted by molar-refractivity contribution is -0.115. The Morgan fingerprint density at radius 1 is 0.833 bits per heavy atom. The Bertz CT molecular complexity index is 1640. The molecule has 4 aromatic carbocycles. The Hall–Kier alpha value is -3.75. The number of amides is 3. The Kier molecular flexibility index (Phi) is 10.7. The Morgan fingerprint density at radius 2 is 1.55 bits per heavy atom. The number of anilines is 2. The van der Waals surface area contributed by atoms with E-state index in [0.717, 1.165) is 10.5 Å². The number of halogens is 3. The normalized spacial score (nSPS) is 11.9. The summed E-state index contributed by atoms with van der Waals surface area (Å²) in [5, 5.41) is 9.12. The molecule has 0 saturated heterocycles. The second-order valence-electron chi connectivity index (χ2n) is 9.21. The molecule has 0 aliphatic rings. The molecule has 0 aliphatic carbocycles. The van der Waals surface area contributed by atoms with Crippen molar-refractivity contribution in [2.24, 2.45) is 0 Å². The molecular weight excluding hydrogens is 613 g/mol. The van der Waals surface area contributed by atoms with Crippen molar-refractivity contribution in [2.75, 3.05) is 10.6 Å². The molecule has 1 atom stereocenters. The first-order valence-electron chi connectivity index (χ1n) is 12.8. The zero-order chi connectivity index (χ0) is 30.2. The van der Waals surface area contributed by atoms with E-state index in [4.69, 9.17) is 34.8 Å². The predicted octanol–water partition coefficient (Wildman–Crippen LogP) is 8.48. The minimum absolute atomic E-state index is 0.0203. The molecule has 0 fully saturated rings. The monoisotopic (exact) mass is 637 g/mol. The highest BCUT2D eigenvalue weighted by atomic mass is 35.5. The van der Waals surface area contributed by atoms with E-state index in [9.17, 15) is 14.4 Å². The van der Waals surface area contributed by atoms with Crippen LogP contribution in [0.25, 0.3) is 6.08 Å². The SMILES string of the molecule is Cc1ccc(Cl)cc1NC(=O)C(C)Sc1ccc(NC(=O)/C(=C/c2cccc(Cl)c2Cl)NC(=O)c2ccccc2)cc1. The standard InChI is InChI=1S/C32H26Cl3N3O3S/c1-19-11-12-23(33)18-27(19)37-30(39)20(2)42-25-15-13-24(14-16-25)36-32(41)28(17-22-9-6-10-26(34)29(22)35)38-31(40)21-7-4-3-5-8-21/h3-18,20H,1-2H3,(H,36,41)(H,37,39)(H,38,40)/b28-17-. The summed E-state index contributed by atoms with van der Waals surface area (Å²) in [7, 11) is 0. The van der Waals surface area contributed by atoms with Gasteiger partial charge >= 0.3 is 0 Å². The fourth-order valence-corrected chi connectivity index (χ4v) is 5.17. The first-order valence-corrected chi connectivity index (χ1v) is 14.8. The fourth-order valence-electron chi connectivity index (χ4n) is 3.77. The van der Waals surface area contributed by atoms with E-state index < -0.39 is 17.1 Å². The van der Waals surface area contributed by atoms with Crippen LogP contribution in [-0.4, -0.2) is 23.0 Å². The molecular formula is C32H26Cl3N3O3S. The first kappa shape index (κ1) is 31.2. The van der Waals surface area contributed by atoms with Crippen LogP contribution in [-0.2, 0) is 9.59 Å². The molecule has 6 nitrogen and oxygen atoms in total. The summed E-state index contributed by atoms with van der Waals surface area (Å²) < 4.78 is 0. The molecule has 4 rings (SSSR count). The van der Waals surface area contributed by atoms with Crippen molar-refractivity contribution < 1.29 is 14.4 Å². The van der Waals surface area contributed by atoms with Crippen LogP contribution < -0.4 is 16.0 Å². The van der Waals surface area contributed by atoms with Gasteiger partial charge in [0, 0.05) is 26.9 Å². The lowest BCUT2D eigenvalue weighted by Gasteiger charge is -2.15. The van der Waals surface area contributed by atoms with E-state index in [-0.39, 0.29) is 16.6 Å². The van der Waals surface area contributed by atoms with Gasteiger partial charge in [0.2, 0.25) is 5.91 Å². The van der Waals surface area contributed by atoms with E-state index >= 15 is 0 Å². The summed E-state index contributed by atoms with van der Waals surface area (Å²) in [4.78, 5) is 39.8. The van der Waals surface area contributed by atoms with Gasteiger partial charge in [-0.25, -0.2) is 0 Å². The highest BCUT2D eigenvalue weighted by Crippen LogP contribution is 2.29. The summed E-state index contributed by atoms with van der Waals surface area (Å²) in [5.41, 5.74) is 2.91. The number of hydrogen-bond donors (Lipinski definition) is 3. The maximum atomic E-state index is 13.3. The Morgan fingerprint density at radius 3 is 2.26 bits per heavy atom. The molecule has 1 unspecified atom stereocenters. The van der Waals surface area contributed by atoms with Crippen molar-refractivity contribution in [1.82, 2.24) is 5.32 Å². The van der Waals surface area contributed by atoms with Crippen molar-refractivity contribution in [3.05, 3.63) is 128 Å². The van der Waals surface area contributed by atoms with Gasteiger partial charge in [0.15, 0.2) is 0 Å². The minimum Gasteiger partial charge on any atom is -0.325 e. The molecule has 3 amide bonds. The van der Waals surface area contributed by atoms with Gasteiger partial charge in [-0.1, -0.05) is 71.2 Å². The van der Waals surface area contributed by atoms with Crippen molar-refractivity contribution in [1.29, 1.82) is 0 Å². The van der Waals surface area contributed by atoms with Crippen LogP contribution in [0.4, 0.5) is 11.4 Å². The van der Waals surface area contributed by atoms with Gasteiger partial charge in [-0.2, -0.15) is 0 Å². The second-order valence-corrected chi connectivity index (χ2v) is 11.8. The molecule has 10 heteroatoms. The summed E-state index contributed by atoms with van der Waals surface area (Å²) in [6, 6.07) is 25.9.